The number of fused-ring (bicyclic) bond motifs is 1. The molecule has 0 N–H and O–H groups in total. The Morgan fingerprint density at radius 2 is 1.89 bits per heavy atom. The van der Waals surface area contributed by atoms with Crippen molar-refractivity contribution in [1.82, 2.24) is 4.57 Å². The predicted octanol–water partition coefficient (Wildman–Crippen LogP) is 5.58. The summed E-state index contributed by atoms with van der Waals surface area (Å²) in [7, 11) is 1.61. The number of ether oxygens (including phenoxy) is 2. The van der Waals surface area contributed by atoms with E-state index in [1.54, 1.807) is 20.1 Å². The van der Waals surface area contributed by atoms with Gasteiger partial charge in [0.25, 0.3) is 0 Å². The summed E-state index contributed by atoms with van der Waals surface area (Å²) in [4.78, 5) is 11.7. The number of nitrogens with zero attached hydrogens (tertiary/aromatic N) is 1. The molecule has 0 bridgehead atoms. The highest BCUT2D eigenvalue weighted by Crippen LogP contribution is 2.34. The van der Waals surface area contributed by atoms with Gasteiger partial charge in [-0.25, -0.2) is 4.79 Å². The number of halogens is 2. The van der Waals surface area contributed by atoms with Gasteiger partial charge in [-0.05, 0) is 48.9 Å². The number of aromatic nitrogens is 1. The lowest BCUT2D eigenvalue weighted by Gasteiger charge is -2.08. The molecule has 0 amide bonds. The number of benzene rings is 2. The third-order valence-electron chi connectivity index (χ3n) is 4.17. The molecule has 2 aromatic carbocycles. The lowest BCUT2D eigenvalue weighted by molar-refractivity contribution is -0.137. The van der Waals surface area contributed by atoms with Crippen LogP contribution in [0, 0.1) is 0 Å². The zero-order valence-electron chi connectivity index (χ0n) is 15.0. The van der Waals surface area contributed by atoms with E-state index in [2.05, 4.69) is 0 Å². The zero-order chi connectivity index (χ0) is 19.4. The smallest absolute Gasteiger partial charge is 0.330 e. The highest BCUT2D eigenvalue weighted by Gasteiger charge is 2.15. The Bertz CT molecular complexity index is 991. The molecule has 0 spiro atoms. The molecule has 3 aromatic rings. The Balaban J connectivity index is 2.09. The summed E-state index contributed by atoms with van der Waals surface area (Å²) in [5.74, 6) is 0.309. The van der Waals surface area contributed by atoms with Crippen LogP contribution in [0.3, 0.4) is 0 Å². The number of hydrogen-bond acceptors (Lipinski definition) is 3. The van der Waals surface area contributed by atoms with Gasteiger partial charge >= 0.3 is 5.97 Å². The van der Waals surface area contributed by atoms with Gasteiger partial charge in [-0.1, -0.05) is 35.3 Å². The summed E-state index contributed by atoms with van der Waals surface area (Å²) >= 11 is 12.7. The van der Waals surface area contributed by atoms with Gasteiger partial charge in [0.15, 0.2) is 0 Å². The largest absolute Gasteiger partial charge is 0.497 e. The van der Waals surface area contributed by atoms with Gasteiger partial charge in [0, 0.05) is 28.6 Å². The predicted molar refractivity (Wildman–Crippen MR) is 110 cm³/mol. The number of carbonyl (C=O) groups is 1. The van der Waals surface area contributed by atoms with Crippen LogP contribution in [0.5, 0.6) is 5.75 Å². The fourth-order valence-corrected chi connectivity index (χ4v) is 3.32. The molecule has 0 radical (unpaired) electrons. The Morgan fingerprint density at radius 1 is 1.15 bits per heavy atom. The SMILES string of the molecule is CCOC(=O)/C=C/c1c(Cl)n(Cc2ccc(Cl)cc2)c2ccc(OC)cc12. The zero-order valence-corrected chi connectivity index (χ0v) is 16.6. The van der Waals surface area contributed by atoms with Crippen LogP contribution in [0.4, 0.5) is 0 Å². The van der Waals surface area contributed by atoms with Gasteiger partial charge in [0.1, 0.15) is 10.9 Å². The third kappa shape index (κ3) is 4.29. The summed E-state index contributed by atoms with van der Waals surface area (Å²) in [6.45, 7) is 2.66. The second-order valence-corrected chi connectivity index (χ2v) is 6.68. The molecule has 27 heavy (non-hydrogen) atoms. The van der Waals surface area contributed by atoms with E-state index in [0.717, 1.165) is 22.0 Å². The van der Waals surface area contributed by atoms with Crippen molar-refractivity contribution in [2.24, 2.45) is 0 Å². The molecule has 3 rings (SSSR count). The number of rotatable bonds is 6. The van der Waals surface area contributed by atoms with Crippen molar-refractivity contribution >= 4 is 46.2 Å². The summed E-state index contributed by atoms with van der Waals surface area (Å²) < 4.78 is 12.3. The van der Waals surface area contributed by atoms with Crippen LogP contribution in [0.1, 0.15) is 18.1 Å². The standard InChI is InChI=1S/C21H19Cl2NO3/c1-3-27-20(25)11-9-17-18-12-16(26-2)8-10-19(18)24(21(17)23)13-14-4-6-15(22)7-5-14/h4-12H,3,13H2,1-2H3/b11-9+. The molecular weight excluding hydrogens is 385 g/mol. The highest BCUT2D eigenvalue weighted by atomic mass is 35.5. The first kappa shape index (κ1) is 19.3. The highest BCUT2D eigenvalue weighted by molar-refractivity contribution is 6.33. The summed E-state index contributed by atoms with van der Waals surface area (Å²) in [5.41, 5.74) is 2.75. The normalized spacial score (nSPS) is 11.3. The quantitative estimate of drug-likeness (QED) is 0.398. The van der Waals surface area contributed by atoms with Gasteiger partial charge in [-0.3, -0.25) is 0 Å². The Hall–Kier alpha value is -2.43. The molecule has 0 saturated heterocycles. The number of carbonyl (C=O) groups excluding carboxylic acids is 1. The van der Waals surface area contributed by atoms with Gasteiger partial charge < -0.3 is 14.0 Å². The molecule has 0 aliphatic carbocycles. The van der Waals surface area contributed by atoms with Crippen molar-refractivity contribution in [3.8, 4) is 5.75 Å². The van der Waals surface area contributed by atoms with E-state index in [-0.39, 0.29) is 0 Å². The second kappa shape index (κ2) is 8.51. The maximum absolute atomic E-state index is 11.7. The van der Waals surface area contributed by atoms with Crippen molar-refractivity contribution < 1.29 is 14.3 Å². The summed E-state index contributed by atoms with van der Waals surface area (Å²) in [5, 5.41) is 2.12. The minimum atomic E-state index is -0.407. The molecule has 0 saturated carbocycles. The van der Waals surface area contributed by atoms with Crippen LogP contribution in [0.15, 0.2) is 48.5 Å². The van der Waals surface area contributed by atoms with Crippen LogP contribution in [0.25, 0.3) is 17.0 Å². The monoisotopic (exact) mass is 403 g/mol. The van der Waals surface area contributed by atoms with E-state index in [0.29, 0.717) is 29.1 Å². The number of methoxy groups -OCH3 is 1. The lowest BCUT2D eigenvalue weighted by atomic mass is 10.1. The molecule has 4 nitrogen and oxygen atoms in total. The van der Waals surface area contributed by atoms with Crippen molar-refractivity contribution in [3.63, 3.8) is 0 Å². The molecule has 0 fully saturated rings. The van der Waals surface area contributed by atoms with Gasteiger partial charge in [-0.2, -0.15) is 0 Å². The van der Waals surface area contributed by atoms with Crippen LogP contribution in [-0.4, -0.2) is 24.3 Å². The average molecular weight is 404 g/mol. The van der Waals surface area contributed by atoms with E-state index >= 15 is 0 Å². The average Bonchev–Trinajstić information content (AvgIpc) is 2.92. The first-order chi connectivity index (χ1) is 13.0. The van der Waals surface area contributed by atoms with E-state index < -0.39 is 5.97 Å². The van der Waals surface area contributed by atoms with Gasteiger partial charge in [-0.15, -0.1) is 0 Å². The third-order valence-corrected chi connectivity index (χ3v) is 4.83. The molecule has 0 unspecified atom stereocenters. The van der Waals surface area contributed by atoms with E-state index in [1.807, 2.05) is 47.0 Å². The van der Waals surface area contributed by atoms with Crippen LogP contribution < -0.4 is 4.74 Å². The number of esters is 1. The van der Waals surface area contributed by atoms with Gasteiger partial charge in [0.2, 0.25) is 0 Å². The van der Waals surface area contributed by atoms with Gasteiger partial charge in [0.05, 0.1) is 19.2 Å². The van der Waals surface area contributed by atoms with Crippen LogP contribution in [0.2, 0.25) is 10.2 Å². The minimum absolute atomic E-state index is 0.322. The fourth-order valence-electron chi connectivity index (χ4n) is 2.88. The maximum atomic E-state index is 11.7. The lowest BCUT2D eigenvalue weighted by Crippen LogP contribution is -2.00. The van der Waals surface area contributed by atoms with Crippen LogP contribution >= 0.6 is 23.2 Å². The molecule has 1 aromatic heterocycles. The second-order valence-electron chi connectivity index (χ2n) is 5.89. The molecule has 0 atom stereocenters. The maximum Gasteiger partial charge on any atom is 0.330 e. The summed E-state index contributed by atoms with van der Waals surface area (Å²) in [6.07, 6.45) is 3.07. The van der Waals surface area contributed by atoms with E-state index in [4.69, 9.17) is 32.7 Å². The fraction of sp³-hybridized carbons (Fsp3) is 0.190. The molecule has 6 heteroatoms. The molecule has 140 valence electrons. The van der Waals surface area contributed by atoms with Crippen molar-refractivity contribution in [2.45, 2.75) is 13.5 Å². The van der Waals surface area contributed by atoms with E-state index in [9.17, 15) is 4.79 Å². The topological polar surface area (TPSA) is 40.5 Å². The number of hydrogen-bond donors (Lipinski definition) is 0. The van der Waals surface area contributed by atoms with Crippen molar-refractivity contribution in [1.29, 1.82) is 0 Å². The molecular formula is C21H19Cl2NO3. The first-order valence-electron chi connectivity index (χ1n) is 8.48. The van der Waals surface area contributed by atoms with Crippen molar-refractivity contribution in [2.75, 3.05) is 13.7 Å². The van der Waals surface area contributed by atoms with Crippen LogP contribution in [-0.2, 0) is 16.1 Å². The van der Waals surface area contributed by atoms with E-state index in [1.165, 1.54) is 6.08 Å². The van der Waals surface area contributed by atoms with Crippen molar-refractivity contribution in [3.05, 3.63) is 69.8 Å². The summed E-state index contributed by atoms with van der Waals surface area (Å²) in [6, 6.07) is 13.4. The minimum Gasteiger partial charge on any atom is -0.497 e. The Morgan fingerprint density at radius 3 is 2.56 bits per heavy atom. The molecule has 0 aliphatic rings. The Kier molecular flexibility index (Phi) is 6.09. The first-order valence-corrected chi connectivity index (χ1v) is 9.24. The molecule has 1 heterocycles. The molecule has 0 aliphatic heterocycles. The Labute approximate surface area is 167 Å².